The van der Waals surface area contributed by atoms with Crippen LogP contribution < -0.4 is 15.2 Å². The van der Waals surface area contributed by atoms with Gasteiger partial charge >= 0.3 is 6.61 Å². The zero-order chi connectivity index (χ0) is 17.9. The first-order chi connectivity index (χ1) is 11.2. The molecule has 0 aliphatic carbocycles. The van der Waals surface area contributed by atoms with Gasteiger partial charge in [0.2, 0.25) is 10.0 Å². The quantitative estimate of drug-likeness (QED) is 0.838. The minimum absolute atomic E-state index is 0.0105. The van der Waals surface area contributed by atoms with Gasteiger partial charge < -0.3 is 10.1 Å². The monoisotopic (exact) mass is 376 g/mol. The minimum Gasteiger partial charge on any atom is -0.435 e. The standard InChI is InChI=1S/C14H11ClF2N2O4S/c15-11-6-1-8(7-12(11)24(18,21)22)13(20)19-9-2-4-10(5-3-9)23-14(16)17/h1-7,14H,(H,19,20)(H2,18,21,22). The van der Waals surface area contributed by atoms with Gasteiger partial charge in [0, 0.05) is 11.3 Å². The van der Waals surface area contributed by atoms with E-state index in [0.29, 0.717) is 5.69 Å². The van der Waals surface area contributed by atoms with Crippen LogP contribution in [-0.2, 0) is 10.0 Å². The number of benzene rings is 2. The maximum atomic E-state index is 12.1. The fourth-order valence-corrected chi connectivity index (χ4v) is 2.86. The summed E-state index contributed by atoms with van der Waals surface area (Å²) in [7, 11) is -4.08. The van der Waals surface area contributed by atoms with Crippen LogP contribution >= 0.6 is 11.6 Å². The fraction of sp³-hybridized carbons (Fsp3) is 0.0714. The van der Waals surface area contributed by atoms with E-state index in [-0.39, 0.29) is 21.2 Å². The molecule has 128 valence electrons. The molecule has 0 spiro atoms. The molecule has 0 bridgehead atoms. The van der Waals surface area contributed by atoms with E-state index in [1.807, 2.05) is 0 Å². The Balaban J connectivity index is 2.18. The van der Waals surface area contributed by atoms with Gasteiger partial charge in [-0.05, 0) is 42.5 Å². The van der Waals surface area contributed by atoms with Gasteiger partial charge in [-0.3, -0.25) is 4.79 Å². The number of alkyl halides is 2. The number of halogens is 3. The van der Waals surface area contributed by atoms with E-state index in [2.05, 4.69) is 10.1 Å². The SMILES string of the molecule is NS(=O)(=O)c1cc(C(=O)Nc2ccc(OC(F)F)cc2)ccc1Cl. The summed E-state index contributed by atoms with van der Waals surface area (Å²) in [6.45, 7) is -2.95. The van der Waals surface area contributed by atoms with Gasteiger partial charge in [-0.2, -0.15) is 8.78 Å². The molecule has 1 amide bonds. The van der Waals surface area contributed by atoms with E-state index >= 15 is 0 Å². The molecule has 0 aromatic heterocycles. The van der Waals surface area contributed by atoms with Crippen molar-refractivity contribution in [2.45, 2.75) is 11.5 Å². The van der Waals surface area contributed by atoms with Crippen molar-refractivity contribution in [3.63, 3.8) is 0 Å². The number of hydrogen-bond acceptors (Lipinski definition) is 4. The van der Waals surface area contributed by atoms with Crippen LogP contribution in [0.25, 0.3) is 0 Å². The lowest BCUT2D eigenvalue weighted by Gasteiger charge is -2.09. The lowest BCUT2D eigenvalue weighted by molar-refractivity contribution is -0.0498. The molecule has 6 nitrogen and oxygen atoms in total. The Bertz CT molecular complexity index is 858. The zero-order valence-electron chi connectivity index (χ0n) is 11.9. The summed E-state index contributed by atoms with van der Waals surface area (Å²) in [6, 6.07) is 8.80. The van der Waals surface area contributed by atoms with Gasteiger partial charge in [0.1, 0.15) is 10.6 Å². The Labute approximate surface area is 141 Å². The highest BCUT2D eigenvalue weighted by molar-refractivity contribution is 7.89. The lowest BCUT2D eigenvalue weighted by atomic mass is 10.2. The van der Waals surface area contributed by atoms with Crippen LogP contribution in [0.2, 0.25) is 5.02 Å². The molecule has 0 unspecified atom stereocenters. The molecule has 0 fully saturated rings. The van der Waals surface area contributed by atoms with Crippen molar-refractivity contribution in [3.8, 4) is 5.75 Å². The number of rotatable bonds is 5. The van der Waals surface area contributed by atoms with Crippen molar-refractivity contribution >= 4 is 33.2 Å². The molecule has 0 heterocycles. The molecule has 24 heavy (non-hydrogen) atoms. The van der Waals surface area contributed by atoms with Crippen LogP contribution in [0.1, 0.15) is 10.4 Å². The summed E-state index contributed by atoms with van der Waals surface area (Å²) in [5.41, 5.74) is 0.310. The molecule has 2 aromatic carbocycles. The molecule has 10 heteroatoms. The van der Waals surface area contributed by atoms with E-state index in [0.717, 1.165) is 6.07 Å². The van der Waals surface area contributed by atoms with E-state index in [9.17, 15) is 22.0 Å². The van der Waals surface area contributed by atoms with Crippen LogP contribution in [0, 0.1) is 0 Å². The summed E-state index contributed by atoms with van der Waals surface area (Å²) in [5, 5.41) is 7.38. The number of carbonyl (C=O) groups excluding carboxylic acids is 1. The highest BCUT2D eigenvalue weighted by Crippen LogP contribution is 2.23. The molecule has 3 N–H and O–H groups in total. The molecule has 0 saturated heterocycles. The first-order valence-corrected chi connectivity index (χ1v) is 8.28. The third kappa shape index (κ3) is 4.63. The molecule has 2 rings (SSSR count). The second kappa shape index (κ2) is 7.12. The van der Waals surface area contributed by atoms with Crippen molar-refractivity contribution in [1.29, 1.82) is 0 Å². The first kappa shape index (κ1) is 18.1. The topological polar surface area (TPSA) is 98.5 Å². The predicted octanol–water partition coefficient (Wildman–Crippen LogP) is 2.84. The average molecular weight is 377 g/mol. The number of anilines is 1. The maximum Gasteiger partial charge on any atom is 0.387 e. The summed E-state index contributed by atoms with van der Waals surface area (Å²) in [5.74, 6) is -0.690. The lowest BCUT2D eigenvalue weighted by Crippen LogP contribution is -2.16. The van der Waals surface area contributed by atoms with Crippen molar-refractivity contribution in [1.82, 2.24) is 0 Å². The van der Waals surface area contributed by atoms with Crippen molar-refractivity contribution in [2.24, 2.45) is 5.14 Å². The Morgan fingerprint density at radius 1 is 1.17 bits per heavy atom. The number of nitrogens with two attached hydrogens (primary N) is 1. The molecular formula is C14H11ClF2N2O4S. The molecule has 0 radical (unpaired) electrons. The third-order valence-corrected chi connectivity index (χ3v) is 4.23. The van der Waals surface area contributed by atoms with Crippen molar-refractivity contribution in [3.05, 3.63) is 53.1 Å². The number of ether oxygens (including phenoxy) is 1. The van der Waals surface area contributed by atoms with Crippen molar-refractivity contribution in [2.75, 3.05) is 5.32 Å². The second-order valence-electron chi connectivity index (χ2n) is 4.55. The highest BCUT2D eigenvalue weighted by atomic mass is 35.5. The molecule has 0 saturated carbocycles. The van der Waals surface area contributed by atoms with Crippen molar-refractivity contribution < 1.29 is 26.7 Å². The summed E-state index contributed by atoms with van der Waals surface area (Å²) in [6.07, 6.45) is 0. The normalized spacial score (nSPS) is 11.4. The Kier molecular flexibility index (Phi) is 5.37. The first-order valence-electron chi connectivity index (χ1n) is 6.35. The Hall–Kier alpha value is -2.23. The minimum atomic E-state index is -4.08. The summed E-state index contributed by atoms with van der Waals surface area (Å²) < 4.78 is 51.1. The Morgan fingerprint density at radius 3 is 2.33 bits per heavy atom. The number of nitrogens with one attached hydrogen (secondary N) is 1. The molecule has 0 aliphatic rings. The van der Waals surface area contributed by atoms with E-state index in [1.54, 1.807) is 0 Å². The van der Waals surface area contributed by atoms with Crippen LogP contribution in [0.4, 0.5) is 14.5 Å². The van der Waals surface area contributed by atoms with E-state index in [1.165, 1.54) is 36.4 Å². The summed E-state index contributed by atoms with van der Waals surface area (Å²) in [4.78, 5) is 11.7. The van der Waals surface area contributed by atoms with Gasteiger partial charge in [0.05, 0.1) is 5.02 Å². The predicted molar refractivity (Wildman–Crippen MR) is 83.9 cm³/mol. The van der Waals surface area contributed by atoms with Gasteiger partial charge in [-0.15, -0.1) is 0 Å². The Morgan fingerprint density at radius 2 is 1.79 bits per heavy atom. The van der Waals surface area contributed by atoms with Crippen LogP contribution in [0.3, 0.4) is 0 Å². The smallest absolute Gasteiger partial charge is 0.387 e. The van der Waals surface area contributed by atoms with E-state index in [4.69, 9.17) is 16.7 Å². The maximum absolute atomic E-state index is 12.1. The number of hydrogen-bond donors (Lipinski definition) is 2. The summed E-state index contributed by atoms with van der Waals surface area (Å²) >= 11 is 5.74. The largest absolute Gasteiger partial charge is 0.435 e. The number of primary sulfonamides is 1. The van der Waals surface area contributed by atoms with Gasteiger partial charge in [0.25, 0.3) is 5.91 Å². The van der Waals surface area contributed by atoms with E-state index < -0.39 is 22.5 Å². The number of sulfonamides is 1. The zero-order valence-corrected chi connectivity index (χ0v) is 13.4. The van der Waals surface area contributed by atoms with Gasteiger partial charge in [0.15, 0.2) is 0 Å². The van der Waals surface area contributed by atoms with Crippen LogP contribution in [0.15, 0.2) is 47.4 Å². The van der Waals surface area contributed by atoms with Gasteiger partial charge in [-0.25, -0.2) is 13.6 Å². The molecule has 0 aliphatic heterocycles. The molecule has 2 aromatic rings. The average Bonchev–Trinajstić information content (AvgIpc) is 2.48. The molecular weight excluding hydrogens is 366 g/mol. The number of carbonyl (C=O) groups is 1. The van der Waals surface area contributed by atoms with Gasteiger partial charge in [-0.1, -0.05) is 11.6 Å². The highest BCUT2D eigenvalue weighted by Gasteiger charge is 2.16. The third-order valence-electron chi connectivity index (χ3n) is 2.84. The van der Waals surface area contributed by atoms with Crippen LogP contribution in [0.5, 0.6) is 5.75 Å². The fourth-order valence-electron chi connectivity index (χ4n) is 1.79. The second-order valence-corrected chi connectivity index (χ2v) is 6.48. The number of amides is 1. The molecule has 0 atom stereocenters. The van der Waals surface area contributed by atoms with Crippen LogP contribution in [-0.4, -0.2) is 20.9 Å².